The van der Waals surface area contributed by atoms with Gasteiger partial charge in [-0.2, -0.15) is 0 Å². The third kappa shape index (κ3) is 2.34. The third-order valence-corrected chi connectivity index (χ3v) is 4.54. The molecule has 1 aromatic carbocycles. The number of nitrogens with zero attached hydrogens (tertiary/aromatic N) is 1. The molecule has 22 heavy (non-hydrogen) atoms. The van der Waals surface area contributed by atoms with Crippen molar-refractivity contribution in [2.45, 2.75) is 20.0 Å². The first-order valence-corrected chi connectivity index (χ1v) is 7.79. The van der Waals surface area contributed by atoms with Gasteiger partial charge in [0.1, 0.15) is 10.9 Å². The summed E-state index contributed by atoms with van der Waals surface area (Å²) in [5.41, 5.74) is 5.41. The van der Waals surface area contributed by atoms with Crippen LogP contribution in [0, 0.1) is 0 Å². The van der Waals surface area contributed by atoms with E-state index in [1.54, 1.807) is 18.2 Å². The molecule has 1 amide bonds. The lowest BCUT2D eigenvalue weighted by Gasteiger charge is -2.13. The Kier molecular flexibility index (Phi) is 3.58. The van der Waals surface area contributed by atoms with Gasteiger partial charge >= 0.3 is 0 Å². The number of fused-ring (bicyclic) bond motifs is 3. The Morgan fingerprint density at radius 2 is 2.18 bits per heavy atom. The average Bonchev–Trinajstić information content (AvgIpc) is 2.80. The zero-order valence-electron chi connectivity index (χ0n) is 11.9. The number of amides is 1. The van der Waals surface area contributed by atoms with Gasteiger partial charge in [0.25, 0.3) is 5.91 Å². The molecule has 114 valence electrons. The highest BCUT2D eigenvalue weighted by Crippen LogP contribution is 2.44. The molecule has 0 unspecified atom stereocenters. The summed E-state index contributed by atoms with van der Waals surface area (Å²) in [6.07, 6.45) is -0.150. The van der Waals surface area contributed by atoms with Crippen LogP contribution in [-0.2, 0) is 0 Å². The maximum atomic E-state index is 11.7. The average molecular weight is 337 g/mol. The van der Waals surface area contributed by atoms with E-state index in [2.05, 4.69) is 4.98 Å². The fraction of sp³-hybridized carbons (Fsp3) is 0.200. The summed E-state index contributed by atoms with van der Waals surface area (Å²) in [6.45, 7) is 3.70. The van der Waals surface area contributed by atoms with E-state index in [9.17, 15) is 9.90 Å². The highest BCUT2D eigenvalue weighted by molar-refractivity contribution is 7.26. The molecule has 0 aliphatic rings. The van der Waals surface area contributed by atoms with Crippen LogP contribution in [0.3, 0.4) is 0 Å². The second-order valence-corrected chi connectivity index (χ2v) is 6.51. The van der Waals surface area contributed by atoms with Crippen LogP contribution in [0.2, 0.25) is 5.15 Å². The predicted octanol–water partition coefficient (Wildman–Crippen LogP) is 3.69. The summed E-state index contributed by atoms with van der Waals surface area (Å²) in [7, 11) is 0. The van der Waals surface area contributed by atoms with Gasteiger partial charge in [-0.25, -0.2) is 4.98 Å². The Bertz CT molecular complexity index is 905. The second-order valence-electron chi connectivity index (χ2n) is 5.10. The van der Waals surface area contributed by atoms with Gasteiger partial charge in [-0.15, -0.1) is 11.3 Å². The number of hydrogen-bond acceptors (Lipinski definition) is 5. The zero-order chi connectivity index (χ0) is 16.0. The molecule has 0 radical (unpaired) electrons. The van der Waals surface area contributed by atoms with E-state index in [-0.39, 0.29) is 22.7 Å². The SMILES string of the molecule is CC(C)Oc1c(C(N)=O)nc(Cl)c2c1sc1ccc(O)cc12. The summed E-state index contributed by atoms with van der Waals surface area (Å²) in [4.78, 5) is 15.8. The van der Waals surface area contributed by atoms with Crippen molar-refractivity contribution in [2.75, 3.05) is 0 Å². The fourth-order valence-corrected chi connectivity index (χ4v) is 3.78. The number of phenolic OH excluding ortho intramolecular Hbond substituents is 1. The van der Waals surface area contributed by atoms with Crippen molar-refractivity contribution in [2.24, 2.45) is 5.73 Å². The van der Waals surface area contributed by atoms with Crippen molar-refractivity contribution >= 4 is 49.0 Å². The van der Waals surface area contributed by atoms with Crippen LogP contribution in [0.4, 0.5) is 0 Å². The number of primary amides is 1. The van der Waals surface area contributed by atoms with Crippen LogP contribution >= 0.6 is 22.9 Å². The van der Waals surface area contributed by atoms with Crippen LogP contribution in [-0.4, -0.2) is 22.1 Å². The number of ether oxygens (including phenoxy) is 1. The van der Waals surface area contributed by atoms with E-state index in [0.29, 0.717) is 15.8 Å². The standard InChI is InChI=1S/C15H13ClN2O3S/c1-6(2)21-12-11(15(17)20)18-14(16)10-8-5-7(19)3-4-9(8)22-13(10)12/h3-6,19H,1-2H3,(H2,17,20). The Morgan fingerprint density at radius 3 is 2.82 bits per heavy atom. The first kappa shape index (κ1) is 14.9. The molecular weight excluding hydrogens is 324 g/mol. The molecule has 7 heteroatoms. The van der Waals surface area contributed by atoms with E-state index in [1.165, 1.54) is 11.3 Å². The molecule has 0 atom stereocenters. The summed E-state index contributed by atoms with van der Waals surface area (Å²) >= 11 is 7.65. The molecule has 0 aliphatic carbocycles. The van der Waals surface area contributed by atoms with Crippen molar-refractivity contribution < 1.29 is 14.6 Å². The van der Waals surface area contributed by atoms with Gasteiger partial charge in [0, 0.05) is 15.5 Å². The highest BCUT2D eigenvalue weighted by Gasteiger charge is 2.23. The van der Waals surface area contributed by atoms with Crippen molar-refractivity contribution in [1.29, 1.82) is 0 Å². The van der Waals surface area contributed by atoms with Gasteiger partial charge in [-0.3, -0.25) is 4.79 Å². The monoisotopic (exact) mass is 336 g/mol. The van der Waals surface area contributed by atoms with Gasteiger partial charge in [0.15, 0.2) is 11.4 Å². The lowest BCUT2D eigenvalue weighted by molar-refractivity contribution is 0.0990. The minimum Gasteiger partial charge on any atom is -0.508 e. The molecule has 0 bridgehead atoms. The number of aromatic nitrogens is 1. The highest BCUT2D eigenvalue weighted by atomic mass is 35.5. The number of aromatic hydroxyl groups is 1. The van der Waals surface area contributed by atoms with Gasteiger partial charge in [-0.1, -0.05) is 11.6 Å². The fourth-order valence-electron chi connectivity index (χ4n) is 2.27. The van der Waals surface area contributed by atoms with Gasteiger partial charge in [0.2, 0.25) is 0 Å². The van der Waals surface area contributed by atoms with Gasteiger partial charge in [-0.05, 0) is 32.0 Å². The van der Waals surface area contributed by atoms with Crippen molar-refractivity contribution in [3.8, 4) is 11.5 Å². The minimum atomic E-state index is -0.695. The largest absolute Gasteiger partial charge is 0.508 e. The number of pyridine rings is 1. The lowest BCUT2D eigenvalue weighted by Crippen LogP contribution is -2.17. The molecular formula is C15H13ClN2O3S. The molecule has 0 saturated heterocycles. The zero-order valence-corrected chi connectivity index (χ0v) is 13.5. The van der Waals surface area contributed by atoms with Crippen LogP contribution in [0.1, 0.15) is 24.3 Å². The molecule has 2 heterocycles. The van der Waals surface area contributed by atoms with E-state index < -0.39 is 5.91 Å². The predicted molar refractivity (Wildman–Crippen MR) is 88.1 cm³/mol. The van der Waals surface area contributed by atoms with Crippen molar-refractivity contribution in [1.82, 2.24) is 4.98 Å². The van der Waals surface area contributed by atoms with E-state index in [0.717, 1.165) is 10.1 Å². The number of hydrogen-bond donors (Lipinski definition) is 2. The molecule has 0 aliphatic heterocycles. The smallest absolute Gasteiger partial charge is 0.271 e. The minimum absolute atomic E-state index is 0.0157. The first-order chi connectivity index (χ1) is 10.4. The summed E-state index contributed by atoms with van der Waals surface area (Å²) in [5.74, 6) is -0.226. The lowest BCUT2D eigenvalue weighted by atomic mass is 10.1. The third-order valence-electron chi connectivity index (χ3n) is 3.10. The number of carbonyl (C=O) groups excluding carboxylic acids is 1. The molecule has 2 aromatic heterocycles. The maximum Gasteiger partial charge on any atom is 0.271 e. The van der Waals surface area contributed by atoms with Crippen LogP contribution < -0.4 is 10.5 Å². The summed E-state index contributed by atoms with van der Waals surface area (Å²) in [6, 6.07) is 5.00. The number of rotatable bonds is 3. The summed E-state index contributed by atoms with van der Waals surface area (Å²) in [5, 5.41) is 11.3. The van der Waals surface area contributed by atoms with Crippen molar-refractivity contribution in [3.05, 3.63) is 29.0 Å². The van der Waals surface area contributed by atoms with E-state index in [1.807, 2.05) is 13.8 Å². The number of nitrogens with two attached hydrogens (primary N) is 1. The Labute approximate surface area is 135 Å². The summed E-state index contributed by atoms with van der Waals surface area (Å²) < 4.78 is 7.37. The van der Waals surface area contributed by atoms with Gasteiger partial charge < -0.3 is 15.6 Å². The Morgan fingerprint density at radius 1 is 1.45 bits per heavy atom. The molecule has 3 N–H and O–H groups in total. The first-order valence-electron chi connectivity index (χ1n) is 6.59. The molecule has 0 saturated carbocycles. The number of halogens is 1. The van der Waals surface area contributed by atoms with E-state index in [4.69, 9.17) is 22.1 Å². The Balaban J connectivity index is 2.46. The van der Waals surface area contributed by atoms with Crippen LogP contribution in [0.15, 0.2) is 18.2 Å². The quantitative estimate of drug-likeness (QED) is 0.714. The van der Waals surface area contributed by atoms with Crippen LogP contribution in [0.25, 0.3) is 20.2 Å². The van der Waals surface area contributed by atoms with Gasteiger partial charge in [0.05, 0.1) is 10.8 Å². The number of thiophene rings is 1. The number of carbonyl (C=O) groups is 1. The molecule has 3 rings (SSSR count). The molecule has 0 spiro atoms. The molecule has 3 aromatic rings. The van der Waals surface area contributed by atoms with Crippen LogP contribution in [0.5, 0.6) is 11.5 Å². The van der Waals surface area contributed by atoms with E-state index >= 15 is 0 Å². The number of benzene rings is 1. The maximum absolute atomic E-state index is 11.7. The second kappa shape index (κ2) is 5.30. The molecule has 5 nitrogen and oxygen atoms in total. The number of phenols is 1. The molecule has 0 fully saturated rings. The van der Waals surface area contributed by atoms with Crippen molar-refractivity contribution in [3.63, 3.8) is 0 Å². The normalized spacial score (nSPS) is 11.5. The topological polar surface area (TPSA) is 85.4 Å². The Hall–Kier alpha value is -2.05.